The smallest absolute Gasteiger partial charge is 0.104 e. The van der Waals surface area contributed by atoms with Gasteiger partial charge in [-0.25, -0.2) is 0 Å². The lowest BCUT2D eigenvalue weighted by Gasteiger charge is -2.10. The van der Waals surface area contributed by atoms with Crippen LogP contribution in [0.25, 0.3) is 6.08 Å². The van der Waals surface area contributed by atoms with Crippen LogP contribution in [0.15, 0.2) is 24.3 Å². The number of benzene rings is 1. The van der Waals surface area contributed by atoms with Crippen LogP contribution in [-0.2, 0) is 41.6 Å². The monoisotopic (exact) mass is 362 g/mol. The van der Waals surface area contributed by atoms with Gasteiger partial charge < -0.3 is 28.4 Å². The predicted octanol–water partition coefficient (Wildman–Crippen LogP) is 1.95. The molecule has 0 amide bonds. The summed E-state index contributed by atoms with van der Waals surface area (Å²) in [6, 6.07) is 6.36. The summed E-state index contributed by atoms with van der Waals surface area (Å²) in [7, 11) is 0. The third kappa shape index (κ3) is 6.46. The lowest BCUT2D eigenvalue weighted by Crippen LogP contribution is -2.05. The van der Waals surface area contributed by atoms with Crippen molar-refractivity contribution in [2.75, 3.05) is 46.2 Å². The topological polar surface area (TPSA) is 65.3 Å². The highest BCUT2D eigenvalue weighted by Gasteiger charge is 2.23. The van der Waals surface area contributed by atoms with Gasteiger partial charge in [0.15, 0.2) is 0 Å². The molecular weight excluding hydrogens is 336 g/mol. The highest BCUT2D eigenvalue weighted by Crippen LogP contribution is 2.18. The quantitative estimate of drug-likeness (QED) is 0.395. The lowest BCUT2D eigenvalue weighted by atomic mass is 10.0. The Kier molecular flexibility index (Phi) is 6.32. The summed E-state index contributed by atoms with van der Waals surface area (Å²) in [6.45, 7) is 6.18. The second kappa shape index (κ2) is 9.08. The van der Waals surface area contributed by atoms with Crippen LogP contribution in [0.1, 0.15) is 16.7 Å². The van der Waals surface area contributed by atoms with E-state index in [-0.39, 0.29) is 6.10 Å². The summed E-state index contributed by atoms with van der Waals surface area (Å²) in [5, 5.41) is 0. The molecule has 0 N–H and O–H groups in total. The van der Waals surface area contributed by atoms with Crippen LogP contribution >= 0.6 is 0 Å². The first-order valence-corrected chi connectivity index (χ1v) is 9.23. The van der Waals surface area contributed by atoms with Gasteiger partial charge in [0.1, 0.15) is 18.3 Å². The number of rotatable bonds is 13. The fraction of sp³-hybridized carbons (Fsp3) is 0.600. The van der Waals surface area contributed by atoms with Crippen LogP contribution in [0.5, 0.6) is 0 Å². The van der Waals surface area contributed by atoms with Crippen LogP contribution in [0, 0.1) is 0 Å². The molecule has 0 aliphatic carbocycles. The zero-order valence-corrected chi connectivity index (χ0v) is 14.9. The molecular formula is C20H26O6. The van der Waals surface area contributed by atoms with E-state index in [9.17, 15) is 0 Å². The Morgan fingerprint density at radius 3 is 2.12 bits per heavy atom. The van der Waals surface area contributed by atoms with E-state index < -0.39 is 0 Å². The normalized spacial score (nSPS) is 26.4. The van der Waals surface area contributed by atoms with E-state index in [0.29, 0.717) is 51.8 Å². The van der Waals surface area contributed by atoms with Crippen molar-refractivity contribution < 1.29 is 28.4 Å². The SMILES string of the molecule is C(=Cc1ccc(COCC2CO2)cc1COCC1CO1)COCC1CO1. The molecule has 0 spiro atoms. The maximum atomic E-state index is 5.79. The molecule has 0 aromatic heterocycles. The van der Waals surface area contributed by atoms with E-state index in [0.717, 1.165) is 36.5 Å². The molecule has 4 rings (SSSR count). The van der Waals surface area contributed by atoms with Crippen molar-refractivity contribution in [3.05, 3.63) is 41.0 Å². The minimum absolute atomic E-state index is 0.275. The van der Waals surface area contributed by atoms with Crippen molar-refractivity contribution in [3.63, 3.8) is 0 Å². The van der Waals surface area contributed by atoms with Gasteiger partial charge in [0, 0.05) is 0 Å². The molecule has 142 valence electrons. The lowest BCUT2D eigenvalue weighted by molar-refractivity contribution is 0.100. The van der Waals surface area contributed by atoms with E-state index in [1.807, 2.05) is 6.08 Å². The average Bonchev–Trinajstić information content (AvgIpc) is 3.48. The molecule has 3 aliphatic heterocycles. The zero-order valence-electron chi connectivity index (χ0n) is 14.9. The van der Waals surface area contributed by atoms with E-state index in [1.165, 1.54) is 0 Å². The average molecular weight is 362 g/mol. The number of hydrogen-bond donors (Lipinski definition) is 0. The van der Waals surface area contributed by atoms with Gasteiger partial charge in [-0.05, 0) is 16.7 Å². The van der Waals surface area contributed by atoms with Crippen molar-refractivity contribution in [1.82, 2.24) is 0 Å². The fourth-order valence-electron chi connectivity index (χ4n) is 2.58. The van der Waals surface area contributed by atoms with Gasteiger partial charge >= 0.3 is 0 Å². The van der Waals surface area contributed by atoms with Crippen LogP contribution < -0.4 is 0 Å². The van der Waals surface area contributed by atoms with Crippen molar-refractivity contribution in [2.45, 2.75) is 31.5 Å². The summed E-state index contributed by atoms with van der Waals surface area (Å²) < 4.78 is 32.5. The molecule has 6 nitrogen and oxygen atoms in total. The minimum Gasteiger partial charge on any atom is -0.375 e. The van der Waals surface area contributed by atoms with Gasteiger partial charge in [0.25, 0.3) is 0 Å². The Bertz CT molecular complexity index is 604. The first kappa shape index (κ1) is 18.1. The first-order valence-electron chi connectivity index (χ1n) is 9.23. The van der Waals surface area contributed by atoms with Crippen molar-refractivity contribution in [1.29, 1.82) is 0 Å². The molecule has 0 radical (unpaired) electrons. The van der Waals surface area contributed by atoms with Crippen molar-refractivity contribution in [2.24, 2.45) is 0 Å². The van der Waals surface area contributed by atoms with Gasteiger partial charge in [0.05, 0.1) is 59.5 Å². The van der Waals surface area contributed by atoms with Gasteiger partial charge in [-0.2, -0.15) is 0 Å². The number of epoxide rings is 3. The van der Waals surface area contributed by atoms with Gasteiger partial charge in [-0.1, -0.05) is 30.4 Å². The highest BCUT2D eigenvalue weighted by atomic mass is 16.6. The Balaban J connectivity index is 1.30. The molecule has 3 saturated heterocycles. The van der Waals surface area contributed by atoms with E-state index in [4.69, 9.17) is 28.4 Å². The van der Waals surface area contributed by atoms with Crippen LogP contribution in [-0.4, -0.2) is 64.6 Å². The summed E-state index contributed by atoms with van der Waals surface area (Å²) in [5.41, 5.74) is 3.43. The van der Waals surface area contributed by atoms with E-state index in [1.54, 1.807) is 0 Å². The molecule has 0 bridgehead atoms. The maximum absolute atomic E-state index is 5.79. The van der Waals surface area contributed by atoms with E-state index in [2.05, 4.69) is 24.3 Å². The van der Waals surface area contributed by atoms with Crippen LogP contribution in [0.4, 0.5) is 0 Å². The Morgan fingerprint density at radius 2 is 1.46 bits per heavy atom. The molecule has 6 heteroatoms. The molecule has 3 unspecified atom stereocenters. The summed E-state index contributed by atoms with van der Waals surface area (Å²) in [6.07, 6.45) is 4.99. The van der Waals surface area contributed by atoms with Gasteiger partial charge in [0.2, 0.25) is 0 Å². The number of ether oxygens (including phenoxy) is 6. The largest absolute Gasteiger partial charge is 0.375 e. The molecule has 3 heterocycles. The summed E-state index contributed by atoms with van der Waals surface area (Å²) in [5.74, 6) is 0. The minimum atomic E-state index is 0.275. The van der Waals surface area contributed by atoms with E-state index >= 15 is 0 Å². The Labute approximate surface area is 154 Å². The van der Waals surface area contributed by atoms with Crippen LogP contribution in [0.3, 0.4) is 0 Å². The summed E-state index contributed by atoms with van der Waals surface area (Å²) >= 11 is 0. The molecule has 1 aromatic rings. The number of hydrogen-bond acceptors (Lipinski definition) is 6. The Hall–Kier alpha value is -1.28. The molecule has 3 atom stereocenters. The third-order valence-corrected chi connectivity index (χ3v) is 4.36. The second-order valence-corrected chi connectivity index (χ2v) is 6.87. The molecule has 3 aliphatic rings. The molecule has 3 fully saturated rings. The van der Waals surface area contributed by atoms with Crippen LogP contribution in [0.2, 0.25) is 0 Å². The molecule has 26 heavy (non-hydrogen) atoms. The standard InChI is InChI=1S/C20H26O6/c1(5-21-9-18-12-24-18)2-16-4-3-15(7-22-10-19-13-25-19)6-17(16)8-23-11-20-14-26-20/h1-4,6,18-20H,5,7-14H2. The first-order chi connectivity index (χ1) is 12.9. The third-order valence-electron chi connectivity index (χ3n) is 4.36. The van der Waals surface area contributed by atoms with Gasteiger partial charge in [-0.15, -0.1) is 0 Å². The highest BCUT2D eigenvalue weighted by molar-refractivity contribution is 5.54. The van der Waals surface area contributed by atoms with Gasteiger partial charge in [-0.3, -0.25) is 0 Å². The second-order valence-electron chi connectivity index (χ2n) is 6.87. The Morgan fingerprint density at radius 1 is 0.846 bits per heavy atom. The fourth-order valence-corrected chi connectivity index (χ4v) is 2.58. The van der Waals surface area contributed by atoms with Crippen molar-refractivity contribution >= 4 is 6.08 Å². The van der Waals surface area contributed by atoms with Crippen molar-refractivity contribution in [3.8, 4) is 0 Å². The predicted molar refractivity (Wildman–Crippen MR) is 94.8 cm³/mol. The molecule has 0 saturated carbocycles. The zero-order chi connectivity index (χ0) is 17.6. The molecule has 1 aromatic carbocycles. The maximum Gasteiger partial charge on any atom is 0.104 e. The summed E-state index contributed by atoms with van der Waals surface area (Å²) in [4.78, 5) is 0.